The Hall–Kier alpha value is -1.09. The molecule has 1 aromatic carbocycles. The zero-order valence-corrected chi connectivity index (χ0v) is 8.83. The highest BCUT2D eigenvalue weighted by Gasteiger charge is 2.07. The number of hydrogen-bond acceptors (Lipinski definition) is 2. The Balaban J connectivity index is 2.53. The van der Waals surface area contributed by atoms with Gasteiger partial charge in [0.05, 0.1) is 11.5 Å². The van der Waals surface area contributed by atoms with Gasteiger partial charge in [-0.1, -0.05) is 36.4 Å². The molecule has 0 heterocycles. The topological polar surface area (TPSA) is 34.1 Å². The summed E-state index contributed by atoms with van der Waals surface area (Å²) in [4.78, 5) is 0. The van der Waals surface area contributed by atoms with Crippen molar-refractivity contribution in [2.24, 2.45) is 0 Å². The smallest absolute Gasteiger partial charge is 0.154 e. The summed E-state index contributed by atoms with van der Waals surface area (Å²) in [5.41, 5.74) is 1.06. The molecule has 0 aliphatic heterocycles. The maximum Gasteiger partial charge on any atom is 0.154 e. The van der Waals surface area contributed by atoms with E-state index in [1.54, 1.807) is 0 Å². The van der Waals surface area contributed by atoms with Gasteiger partial charge < -0.3 is 0 Å². The molecule has 0 unspecified atom stereocenters. The highest BCUT2D eigenvalue weighted by molar-refractivity contribution is 7.91. The average molecular weight is 210 g/mol. The highest BCUT2D eigenvalue weighted by atomic mass is 32.2. The molecule has 0 fully saturated rings. The second-order valence-electron chi connectivity index (χ2n) is 3.14. The number of benzene rings is 1. The lowest BCUT2D eigenvalue weighted by atomic mass is 10.2. The van der Waals surface area contributed by atoms with Crippen molar-refractivity contribution in [3.8, 4) is 0 Å². The van der Waals surface area contributed by atoms with Crippen LogP contribution in [0.2, 0.25) is 0 Å². The third-order valence-electron chi connectivity index (χ3n) is 1.92. The van der Waals surface area contributed by atoms with E-state index in [2.05, 4.69) is 6.58 Å². The monoisotopic (exact) mass is 210 g/mol. The molecule has 3 heteroatoms. The predicted octanol–water partition coefficient (Wildman–Crippen LogP) is 1.83. The second-order valence-corrected chi connectivity index (χ2v) is 5.37. The Labute approximate surface area is 85.2 Å². The molecule has 2 nitrogen and oxygen atoms in total. The third kappa shape index (κ3) is 3.75. The van der Waals surface area contributed by atoms with E-state index in [-0.39, 0.29) is 11.5 Å². The summed E-state index contributed by atoms with van der Waals surface area (Å²) in [6, 6.07) is 9.61. The largest absolute Gasteiger partial charge is 0.229 e. The molecule has 0 bridgehead atoms. The van der Waals surface area contributed by atoms with E-state index in [0.29, 0.717) is 6.42 Å². The quantitative estimate of drug-likeness (QED) is 0.695. The molecule has 1 aromatic rings. The van der Waals surface area contributed by atoms with Crippen LogP contribution in [-0.2, 0) is 16.3 Å². The van der Waals surface area contributed by atoms with Gasteiger partial charge in [0.15, 0.2) is 9.84 Å². The van der Waals surface area contributed by atoms with Crippen LogP contribution in [0.1, 0.15) is 5.56 Å². The van der Waals surface area contributed by atoms with Crippen LogP contribution in [-0.4, -0.2) is 19.9 Å². The molecule has 0 aromatic heterocycles. The third-order valence-corrected chi connectivity index (χ3v) is 3.49. The van der Waals surface area contributed by atoms with Crippen LogP contribution in [0.4, 0.5) is 0 Å². The fourth-order valence-corrected chi connectivity index (χ4v) is 2.25. The lowest BCUT2D eigenvalue weighted by Gasteiger charge is -2.01. The van der Waals surface area contributed by atoms with E-state index in [1.165, 1.54) is 6.08 Å². The molecular formula is C11H14O2S. The Morgan fingerprint density at radius 1 is 1.21 bits per heavy atom. The number of hydrogen-bond donors (Lipinski definition) is 0. The standard InChI is InChI=1S/C11H14O2S/c1-2-9-14(12,13)10-8-11-6-4-3-5-7-11/h2-7H,1,8-10H2. The Bertz CT molecular complexity index is 379. The van der Waals surface area contributed by atoms with Crippen LogP contribution in [0.25, 0.3) is 0 Å². The van der Waals surface area contributed by atoms with E-state index >= 15 is 0 Å². The SMILES string of the molecule is C=CCS(=O)(=O)CCc1ccccc1. The molecule has 0 aliphatic rings. The summed E-state index contributed by atoms with van der Waals surface area (Å²) in [5, 5.41) is 0. The van der Waals surface area contributed by atoms with E-state index in [9.17, 15) is 8.42 Å². The molecule has 1 rings (SSSR count). The molecule has 76 valence electrons. The minimum Gasteiger partial charge on any atom is -0.229 e. The van der Waals surface area contributed by atoms with Gasteiger partial charge in [0, 0.05) is 0 Å². The van der Waals surface area contributed by atoms with Crippen LogP contribution >= 0.6 is 0 Å². The normalized spacial score (nSPS) is 11.1. The van der Waals surface area contributed by atoms with E-state index in [1.807, 2.05) is 30.3 Å². The van der Waals surface area contributed by atoms with Gasteiger partial charge in [-0.25, -0.2) is 8.42 Å². The highest BCUT2D eigenvalue weighted by Crippen LogP contribution is 2.02. The van der Waals surface area contributed by atoms with E-state index < -0.39 is 9.84 Å². The molecule has 0 aliphatic carbocycles. The second kappa shape index (κ2) is 4.96. The maximum atomic E-state index is 11.3. The van der Waals surface area contributed by atoms with E-state index in [4.69, 9.17) is 0 Å². The van der Waals surface area contributed by atoms with E-state index in [0.717, 1.165) is 5.56 Å². The Kier molecular flexibility index (Phi) is 3.89. The first-order valence-corrected chi connectivity index (χ1v) is 6.31. The lowest BCUT2D eigenvalue weighted by Crippen LogP contribution is -2.11. The van der Waals surface area contributed by atoms with Crippen molar-refractivity contribution in [2.45, 2.75) is 6.42 Å². The van der Waals surface area contributed by atoms with Crippen molar-refractivity contribution in [3.05, 3.63) is 48.6 Å². The van der Waals surface area contributed by atoms with Crippen molar-refractivity contribution in [2.75, 3.05) is 11.5 Å². The van der Waals surface area contributed by atoms with Gasteiger partial charge in [-0.15, -0.1) is 6.58 Å². The molecule has 0 N–H and O–H groups in total. The average Bonchev–Trinajstić information content (AvgIpc) is 2.17. The molecule has 0 saturated heterocycles. The first-order valence-electron chi connectivity index (χ1n) is 4.49. The molecular weight excluding hydrogens is 196 g/mol. The summed E-state index contributed by atoms with van der Waals surface area (Å²) < 4.78 is 22.7. The maximum absolute atomic E-state index is 11.3. The number of sulfone groups is 1. The fraction of sp³-hybridized carbons (Fsp3) is 0.273. The van der Waals surface area contributed by atoms with Gasteiger partial charge in [-0.05, 0) is 12.0 Å². The van der Waals surface area contributed by atoms with Crippen molar-refractivity contribution in [3.63, 3.8) is 0 Å². The van der Waals surface area contributed by atoms with Gasteiger partial charge in [0.1, 0.15) is 0 Å². The molecule has 14 heavy (non-hydrogen) atoms. The van der Waals surface area contributed by atoms with Crippen molar-refractivity contribution in [1.29, 1.82) is 0 Å². The van der Waals surface area contributed by atoms with Gasteiger partial charge in [-0.2, -0.15) is 0 Å². The first kappa shape index (κ1) is 11.0. The first-order chi connectivity index (χ1) is 6.64. The summed E-state index contributed by atoms with van der Waals surface area (Å²) in [6.07, 6.45) is 2.01. The van der Waals surface area contributed by atoms with Crippen molar-refractivity contribution < 1.29 is 8.42 Å². The van der Waals surface area contributed by atoms with Crippen LogP contribution in [0, 0.1) is 0 Å². The Morgan fingerprint density at radius 3 is 2.43 bits per heavy atom. The summed E-state index contributed by atoms with van der Waals surface area (Å²) in [7, 11) is -2.95. The van der Waals surface area contributed by atoms with Gasteiger partial charge in [0.2, 0.25) is 0 Å². The molecule has 0 spiro atoms. The van der Waals surface area contributed by atoms with Gasteiger partial charge >= 0.3 is 0 Å². The summed E-state index contributed by atoms with van der Waals surface area (Å²) in [6.45, 7) is 3.42. The molecule has 0 saturated carbocycles. The van der Waals surface area contributed by atoms with Crippen LogP contribution in [0.3, 0.4) is 0 Å². The van der Waals surface area contributed by atoms with Gasteiger partial charge in [0.25, 0.3) is 0 Å². The van der Waals surface area contributed by atoms with Crippen LogP contribution in [0.15, 0.2) is 43.0 Å². The molecule has 0 radical (unpaired) electrons. The van der Waals surface area contributed by atoms with Gasteiger partial charge in [-0.3, -0.25) is 0 Å². The summed E-state index contributed by atoms with van der Waals surface area (Å²) in [5.74, 6) is 0.267. The predicted molar refractivity (Wildman–Crippen MR) is 59.0 cm³/mol. The van der Waals surface area contributed by atoms with Crippen molar-refractivity contribution in [1.82, 2.24) is 0 Å². The molecule has 0 amide bonds. The minimum atomic E-state index is -2.95. The van der Waals surface area contributed by atoms with Crippen LogP contribution in [0.5, 0.6) is 0 Å². The number of rotatable bonds is 5. The number of aryl methyl sites for hydroxylation is 1. The molecule has 0 atom stereocenters. The summed E-state index contributed by atoms with van der Waals surface area (Å²) >= 11 is 0. The lowest BCUT2D eigenvalue weighted by molar-refractivity contribution is 0.598. The fourth-order valence-electron chi connectivity index (χ4n) is 1.18. The minimum absolute atomic E-state index is 0.0693. The van der Waals surface area contributed by atoms with Crippen LogP contribution < -0.4 is 0 Å². The zero-order chi connectivity index (χ0) is 10.4. The zero-order valence-electron chi connectivity index (χ0n) is 8.02. The van der Waals surface area contributed by atoms with Crippen molar-refractivity contribution >= 4 is 9.84 Å². The Morgan fingerprint density at radius 2 is 1.86 bits per heavy atom.